The zero-order valence-corrected chi connectivity index (χ0v) is 16.6. The average molecular weight is 389 g/mol. The van der Waals surface area contributed by atoms with Gasteiger partial charge in [-0.05, 0) is 49.2 Å². The second kappa shape index (κ2) is 9.32. The molecule has 7 heteroatoms. The number of nitrogens with one attached hydrogen (secondary N) is 1. The number of carbonyl (C=O) groups is 2. The highest BCUT2D eigenvalue weighted by molar-refractivity contribution is 7.99. The van der Waals surface area contributed by atoms with Crippen molar-refractivity contribution >= 4 is 29.3 Å². The van der Waals surface area contributed by atoms with Crippen LogP contribution >= 0.6 is 11.8 Å². The fourth-order valence-electron chi connectivity index (χ4n) is 2.46. The van der Waals surface area contributed by atoms with Gasteiger partial charge in [-0.3, -0.25) is 4.79 Å². The maximum Gasteiger partial charge on any atom is 0.335 e. The fourth-order valence-corrected chi connectivity index (χ4v) is 3.41. The van der Waals surface area contributed by atoms with Crippen LogP contribution in [0.25, 0.3) is 0 Å². The highest BCUT2D eigenvalue weighted by Gasteiger charge is 2.17. The molecular formula is C20H23NO5S. The van der Waals surface area contributed by atoms with E-state index < -0.39 is 5.97 Å². The molecule has 0 spiro atoms. The van der Waals surface area contributed by atoms with Crippen molar-refractivity contribution in [3.63, 3.8) is 0 Å². The van der Waals surface area contributed by atoms with Crippen LogP contribution in [0.15, 0.2) is 35.2 Å². The van der Waals surface area contributed by atoms with E-state index in [1.807, 2.05) is 6.07 Å². The number of amides is 1. The third-order valence-electron chi connectivity index (χ3n) is 4.08. The van der Waals surface area contributed by atoms with Gasteiger partial charge in [-0.1, -0.05) is 6.07 Å². The molecule has 0 aliphatic rings. The minimum atomic E-state index is -1.11. The summed E-state index contributed by atoms with van der Waals surface area (Å²) in [6.45, 7) is 4.12. The van der Waals surface area contributed by atoms with E-state index in [2.05, 4.69) is 31.3 Å². The number of benzene rings is 2. The standard InChI is InChI=1S/C20H23NO5S/c1-12-5-6-15(9-13(12)2)27-8-7-18(22)21-16-10-14(20(23)24)11-17(25-3)19(16)26-4/h5-6,9-11H,7-8H2,1-4H3,(H,21,22)(H,23,24). The first-order valence-corrected chi connectivity index (χ1v) is 9.33. The minimum Gasteiger partial charge on any atom is -0.493 e. The van der Waals surface area contributed by atoms with Gasteiger partial charge in [-0.15, -0.1) is 11.8 Å². The molecule has 2 aromatic rings. The number of ether oxygens (including phenoxy) is 2. The van der Waals surface area contributed by atoms with Crippen molar-refractivity contribution in [3.05, 3.63) is 47.0 Å². The quantitative estimate of drug-likeness (QED) is 0.660. The van der Waals surface area contributed by atoms with Gasteiger partial charge in [0.15, 0.2) is 11.5 Å². The van der Waals surface area contributed by atoms with Gasteiger partial charge in [-0.25, -0.2) is 4.79 Å². The fraction of sp³-hybridized carbons (Fsp3) is 0.300. The number of aromatic carboxylic acids is 1. The molecule has 0 aliphatic carbocycles. The molecule has 0 aliphatic heterocycles. The van der Waals surface area contributed by atoms with Crippen molar-refractivity contribution in [2.45, 2.75) is 25.2 Å². The van der Waals surface area contributed by atoms with Crippen LogP contribution in [-0.4, -0.2) is 37.0 Å². The Morgan fingerprint density at radius 1 is 1.07 bits per heavy atom. The van der Waals surface area contributed by atoms with Gasteiger partial charge in [0.2, 0.25) is 5.91 Å². The monoisotopic (exact) mass is 389 g/mol. The number of carboxylic acids is 1. The van der Waals surface area contributed by atoms with Crippen LogP contribution in [0.3, 0.4) is 0 Å². The number of carbonyl (C=O) groups excluding carboxylic acids is 1. The van der Waals surface area contributed by atoms with Crippen molar-refractivity contribution in [1.82, 2.24) is 0 Å². The summed E-state index contributed by atoms with van der Waals surface area (Å²) in [7, 11) is 2.85. The highest BCUT2D eigenvalue weighted by Crippen LogP contribution is 2.36. The third-order valence-corrected chi connectivity index (χ3v) is 5.07. The van der Waals surface area contributed by atoms with Crippen molar-refractivity contribution in [3.8, 4) is 11.5 Å². The van der Waals surface area contributed by atoms with E-state index in [1.54, 1.807) is 11.8 Å². The first kappa shape index (κ1) is 20.6. The van der Waals surface area contributed by atoms with E-state index >= 15 is 0 Å². The second-order valence-electron chi connectivity index (χ2n) is 5.96. The SMILES string of the molecule is COc1cc(C(=O)O)cc(NC(=O)CCSc2ccc(C)c(C)c2)c1OC. The summed E-state index contributed by atoms with van der Waals surface area (Å²) < 4.78 is 10.4. The van der Waals surface area contributed by atoms with Gasteiger partial charge < -0.3 is 19.9 Å². The zero-order valence-electron chi connectivity index (χ0n) is 15.8. The maximum absolute atomic E-state index is 12.3. The first-order chi connectivity index (χ1) is 12.8. The topological polar surface area (TPSA) is 84.9 Å². The summed E-state index contributed by atoms with van der Waals surface area (Å²) in [5, 5.41) is 11.9. The van der Waals surface area contributed by atoms with Gasteiger partial charge in [0.1, 0.15) is 0 Å². The molecule has 0 heterocycles. The second-order valence-corrected chi connectivity index (χ2v) is 7.13. The number of anilines is 1. The lowest BCUT2D eigenvalue weighted by molar-refractivity contribution is -0.115. The molecule has 2 N–H and O–H groups in total. The Morgan fingerprint density at radius 2 is 1.81 bits per heavy atom. The summed E-state index contributed by atoms with van der Waals surface area (Å²) in [5.41, 5.74) is 2.73. The Bertz CT molecular complexity index is 851. The minimum absolute atomic E-state index is 0.00690. The number of aryl methyl sites for hydroxylation is 2. The summed E-state index contributed by atoms with van der Waals surface area (Å²) >= 11 is 1.60. The number of hydrogen-bond acceptors (Lipinski definition) is 5. The Hall–Kier alpha value is -2.67. The van der Waals surface area contributed by atoms with Crippen molar-refractivity contribution in [2.75, 3.05) is 25.3 Å². The van der Waals surface area contributed by atoms with Gasteiger partial charge in [0, 0.05) is 17.1 Å². The molecule has 0 bridgehead atoms. The maximum atomic E-state index is 12.3. The summed E-state index contributed by atoms with van der Waals surface area (Å²) in [6.07, 6.45) is 0.278. The van der Waals surface area contributed by atoms with E-state index in [1.165, 1.54) is 37.5 Å². The lowest BCUT2D eigenvalue weighted by Gasteiger charge is -2.14. The largest absolute Gasteiger partial charge is 0.493 e. The average Bonchev–Trinajstić information content (AvgIpc) is 2.63. The van der Waals surface area contributed by atoms with Gasteiger partial charge >= 0.3 is 5.97 Å². The number of hydrogen-bond donors (Lipinski definition) is 2. The highest BCUT2D eigenvalue weighted by atomic mass is 32.2. The molecule has 0 fully saturated rings. The van der Waals surface area contributed by atoms with E-state index in [9.17, 15) is 14.7 Å². The van der Waals surface area contributed by atoms with E-state index in [-0.39, 0.29) is 35.1 Å². The van der Waals surface area contributed by atoms with Crippen LogP contribution in [-0.2, 0) is 4.79 Å². The number of methoxy groups -OCH3 is 2. The number of thioether (sulfide) groups is 1. The van der Waals surface area contributed by atoms with Gasteiger partial charge in [0.25, 0.3) is 0 Å². The Morgan fingerprint density at radius 3 is 2.41 bits per heavy atom. The first-order valence-electron chi connectivity index (χ1n) is 8.35. The number of rotatable bonds is 8. The van der Waals surface area contributed by atoms with Crippen molar-refractivity contribution < 1.29 is 24.2 Å². The van der Waals surface area contributed by atoms with Gasteiger partial charge in [-0.2, -0.15) is 0 Å². The molecule has 0 atom stereocenters. The summed E-state index contributed by atoms with van der Waals surface area (Å²) in [6, 6.07) is 8.91. The molecule has 0 unspecified atom stereocenters. The van der Waals surface area contributed by atoms with Gasteiger partial charge in [0.05, 0.1) is 25.5 Å². The van der Waals surface area contributed by atoms with Crippen LogP contribution in [0.4, 0.5) is 5.69 Å². The molecular weight excluding hydrogens is 366 g/mol. The number of carboxylic acid groups (broad SMARTS) is 1. The van der Waals surface area contributed by atoms with E-state index in [0.717, 1.165) is 4.90 Å². The van der Waals surface area contributed by atoms with E-state index in [0.29, 0.717) is 5.75 Å². The van der Waals surface area contributed by atoms with Crippen molar-refractivity contribution in [2.24, 2.45) is 0 Å². The summed E-state index contributed by atoms with van der Waals surface area (Å²) in [5.74, 6) is -0.201. The van der Waals surface area contributed by atoms with Crippen molar-refractivity contribution in [1.29, 1.82) is 0 Å². The summed E-state index contributed by atoms with van der Waals surface area (Å²) in [4.78, 5) is 24.7. The predicted octanol–water partition coefficient (Wildman–Crippen LogP) is 4.14. The molecule has 0 saturated carbocycles. The predicted molar refractivity (Wildman–Crippen MR) is 106 cm³/mol. The Kier molecular flexibility index (Phi) is 7.12. The Labute approximate surface area is 162 Å². The molecule has 27 heavy (non-hydrogen) atoms. The van der Waals surface area contributed by atoms with Crippen LogP contribution < -0.4 is 14.8 Å². The van der Waals surface area contributed by atoms with E-state index in [4.69, 9.17) is 9.47 Å². The van der Waals surface area contributed by atoms with Crippen LogP contribution in [0.1, 0.15) is 27.9 Å². The molecule has 2 aromatic carbocycles. The Balaban J connectivity index is 2.04. The molecule has 2 rings (SSSR count). The molecule has 0 aromatic heterocycles. The molecule has 0 saturated heterocycles. The molecule has 1 amide bonds. The normalized spacial score (nSPS) is 10.4. The molecule has 6 nitrogen and oxygen atoms in total. The zero-order chi connectivity index (χ0) is 20.0. The lowest BCUT2D eigenvalue weighted by Crippen LogP contribution is -2.14. The molecule has 0 radical (unpaired) electrons. The lowest BCUT2D eigenvalue weighted by atomic mass is 10.1. The molecule has 144 valence electrons. The van der Waals surface area contributed by atoms with Crippen LogP contribution in [0.2, 0.25) is 0 Å². The third kappa shape index (κ3) is 5.40. The van der Waals surface area contributed by atoms with Crippen LogP contribution in [0, 0.1) is 13.8 Å². The van der Waals surface area contributed by atoms with Crippen LogP contribution in [0.5, 0.6) is 11.5 Å². The smallest absolute Gasteiger partial charge is 0.335 e.